The second-order valence-corrected chi connectivity index (χ2v) is 7.04. The van der Waals surface area contributed by atoms with Crippen molar-refractivity contribution in [1.29, 1.82) is 0 Å². The van der Waals surface area contributed by atoms with Crippen molar-refractivity contribution in [3.05, 3.63) is 52.4 Å². The Morgan fingerprint density at radius 2 is 2.15 bits per heavy atom. The number of rotatable bonds is 6. The summed E-state index contributed by atoms with van der Waals surface area (Å²) in [6.07, 6.45) is 0.312. The van der Waals surface area contributed by atoms with Crippen molar-refractivity contribution < 1.29 is 4.79 Å². The molecule has 7 nitrogen and oxygen atoms in total. The van der Waals surface area contributed by atoms with Crippen molar-refractivity contribution in [2.45, 2.75) is 19.5 Å². The molecule has 0 saturated carbocycles. The normalized spacial score (nSPS) is 11.1. The number of hydrogen-bond donors (Lipinski definition) is 3. The summed E-state index contributed by atoms with van der Waals surface area (Å²) in [6.45, 7) is 0.830. The first-order valence-corrected chi connectivity index (χ1v) is 9.39. The van der Waals surface area contributed by atoms with E-state index >= 15 is 0 Å². The monoisotopic (exact) mass is 384 g/mol. The molecule has 4 rings (SSSR count). The molecule has 0 spiro atoms. The van der Waals surface area contributed by atoms with Crippen LogP contribution in [0.25, 0.3) is 21.7 Å². The van der Waals surface area contributed by atoms with Crippen LogP contribution in [0, 0.1) is 4.77 Å². The number of para-hydroxylation sites is 2. The molecule has 0 aliphatic heterocycles. The summed E-state index contributed by atoms with van der Waals surface area (Å²) in [5.41, 5.74) is 1.85. The van der Waals surface area contributed by atoms with Gasteiger partial charge in [0.1, 0.15) is 5.82 Å². The van der Waals surface area contributed by atoms with Crippen LogP contribution >= 0.6 is 23.6 Å². The zero-order valence-electron chi connectivity index (χ0n) is 13.7. The molecule has 0 aliphatic carbocycles. The van der Waals surface area contributed by atoms with Gasteiger partial charge in [-0.05, 0) is 35.8 Å². The summed E-state index contributed by atoms with van der Waals surface area (Å²) in [6, 6.07) is 11.7. The molecule has 0 fully saturated rings. The lowest BCUT2D eigenvalue weighted by atomic mass is 10.3. The molecule has 3 N–H and O–H groups in total. The molecule has 0 saturated heterocycles. The van der Waals surface area contributed by atoms with E-state index in [2.05, 4.69) is 25.5 Å². The van der Waals surface area contributed by atoms with Gasteiger partial charge in [0.2, 0.25) is 5.91 Å². The van der Waals surface area contributed by atoms with Crippen molar-refractivity contribution in [3.8, 4) is 10.7 Å². The summed E-state index contributed by atoms with van der Waals surface area (Å²) < 4.78 is 2.36. The van der Waals surface area contributed by atoms with Crippen LogP contribution in [0.3, 0.4) is 0 Å². The quantitative estimate of drug-likeness (QED) is 0.445. The number of aromatic nitrogens is 5. The topological polar surface area (TPSA) is 91.4 Å². The molecule has 3 aromatic heterocycles. The third-order valence-corrected chi connectivity index (χ3v) is 5.13. The Hall–Kier alpha value is -2.78. The third kappa shape index (κ3) is 3.44. The molecular formula is C17H16N6OS2. The molecule has 132 valence electrons. The van der Waals surface area contributed by atoms with Gasteiger partial charge in [0.25, 0.3) is 0 Å². The number of aromatic amines is 2. The Kier molecular flexibility index (Phi) is 4.63. The molecule has 4 aromatic rings. The van der Waals surface area contributed by atoms with Crippen molar-refractivity contribution in [2.75, 3.05) is 0 Å². The fourth-order valence-corrected chi connectivity index (χ4v) is 3.64. The average Bonchev–Trinajstić information content (AvgIpc) is 3.37. The molecule has 0 radical (unpaired) electrons. The number of nitrogens with one attached hydrogen (secondary N) is 3. The molecule has 1 aromatic carbocycles. The highest BCUT2D eigenvalue weighted by Crippen LogP contribution is 2.22. The van der Waals surface area contributed by atoms with Gasteiger partial charge in [0.15, 0.2) is 10.6 Å². The first-order valence-electron chi connectivity index (χ1n) is 8.10. The van der Waals surface area contributed by atoms with Crippen LogP contribution in [-0.2, 0) is 17.9 Å². The summed E-state index contributed by atoms with van der Waals surface area (Å²) in [5.74, 6) is 1.43. The average molecular weight is 384 g/mol. The van der Waals surface area contributed by atoms with E-state index in [0.717, 1.165) is 27.6 Å². The van der Waals surface area contributed by atoms with E-state index in [4.69, 9.17) is 12.2 Å². The highest BCUT2D eigenvalue weighted by atomic mass is 32.1. The third-order valence-electron chi connectivity index (χ3n) is 3.95. The minimum absolute atomic E-state index is 0.0642. The molecule has 0 unspecified atom stereocenters. The van der Waals surface area contributed by atoms with Crippen LogP contribution in [0.15, 0.2) is 41.8 Å². The van der Waals surface area contributed by atoms with E-state index in [0.29, 0.717) is 24.3 Å². The van der Waals surface area contributed by atoms with E-state index < -0.39 is 0 Å². The van der Waals surface area contributed by atoms with Crippen LogP contribution < -0.4 is 5.32 Å². The first-order chi connectivity index (χ1) is 12.7. The van der Waals surface area contributed by atoms with Gasteiger partial charge in [-0.3, -0.25) is 14.5 Å². The maximum Gasteiger partial charge on any atom is 0.222 e. The number of H-pyrrole nitrogens is 2. The summed E-state index contributed by atoms with van der Waals surface area (Å²) in [7, 11) is 0. The van der Waals surface area contributed by atoms with E-state index in [9.17, 15) is 4.79 Å². The van der Waals surface area contributed by atoms with E-state index in [1.807, 2.05) is 46.3 Å². The van der Waals surface area contributed by atoms with Gasteiger partial charge in [-0.1, -0.05) is 18.2 Å². The van der Waals surface area contributed by atoms with Crippen LogP contribution in [-0.4, -0.2) is 30.6 Å². The Morgan fingerprint density at radius 3 is 2.96 bits per heavy atom. The van der Waals surface area contributed by atoms with Gasteiger partial charge >= 0.3 is 0 Å². The van der Waals surface area contributed by atoms with Crippen LogP contribution in [0.5, 0.6) is 0 Å². The van der Waals surface area contributed by atoms with Gasteiger partial charge in [-0.2, -0.15) is 5.10 Å². The zero-order chi connectivity index (χ0) is 17.9. The van der Waals surface area contributed by atoms with Gasteiger partial charge in [0, 0.05) is 13.0 Å². The fourth-order valence-electron chi connectivity index (χ4n) is 2.69. The molecule has 0 atom stereocenters. The lowest BCUT2D eigenvalue weighted by molar-refractivity contribution is -0.121. The first kappa shape index (κ1) is 16.7. The number of carbonyl (C=O) groups is 1. The second-order valence-electron chi connectivity index (χ2n) is 5.71. The predicted octanol–water partition coefficient (Wildman–Crippen LogP) is 3.25. The molecule has 3 heterocycles. The number of benzene rings is 1. The van der Waals surface area contributed by atoms with Gasteiger partial charge in [-0.25, -0.2) is 4.98 Å². The smallest absolute Gasteiger partial charge is 0.222 e. The molecule has 9 heteroatoms. The summed E-state index contributed by atoms with van der Waals surface area (Å²) in [5, 5.41) is 11.9. The van der Waals surface area contributed by atoms with Gasteiger partial charge in [0.05, 0.1) is 22.5 Å². The summed E-state index contributed by atoms with van der Waals surface area (Å²) >= 11 is 6.86. The van der Waals surface area contributed by atoms with E-state index in [1.54, 1.807) is 11.3 Å². The lowest BCUT2D eigenvalue weighted by Crippen LogP contribution is -2.24. The number of nitrogens with zero attached hydrogens (tertiary/aromatic N) is 3. The standard InChI is InChI=1S/C17H16N6OS2/c24-15(18-10-14-19-11-4-1-2-5-12(11)20-14)7-8-23-16(21-22-17(23)25)13-6-3-9-26-13/h1-6,9H,7-8,10H2,(H,18,24)(H,19,20)(H,22,25). The van der Waals surface area contributed by atoms with Crippen molar-refractivity contribution >= 4 is 40.5 Å². The Labute approximate surface area is 158 Å². The largest absolute Gasteiger partial charge is 0.349 e. The molecule has 0 bridgehead atoms. The number of hydrogen-bond acceptors (Lipinski definition) is 5. The van der Waals surface area contributed by atoms with Crippen molar-refractivity contribution in [3.63, 3.8) is 0 Å². The number of fused-ring (bicyclic) bond motifs is 1. The van der Waals surface area contributed by atoms with Crippen molar-refractivity contribution in [2.24, 2.45) is 0 Å². The van der Waals surface area contributed by atoms with Crippen LogP contribution in [0.2, 0.25) is 0 Å². The maximum absolute atomic E-state index is 12.2. The van der Waals surface area contributed by atoms with E-state index in [1.165, 1.54) is 0 Å². The highest BCUT2D eigenvalue weighted by Gasteiger charge is 2.11. The number of carbonyl (C=O) groups excluding carboxylic acids is 1. The molecular weight excluding hydrogens is 368 g/mol. The van der Waals surface area contributed by atoms with Gasteiger partial charge < -0.3 is 10.3 Å². The zero-order valence-corrected chi connectivity index (χ0v) is 15.4. The molecule has 26 heavy (non-hydrogen) atoms. The van der Waals surface area contributed by atoms with Gasteiger partial charge in [-0.15, -0.1) is 11.3 Å². The van der Waals surface area contributed by atoms with E-state index in [-0.39, 0.29) is 5.91 Å². The van der Waals surface area contributed by atoms with Crippen LogP contribution in [0.4, 0.5) is 0 Å². The minimum Gasteiger partial charge on any atom is -0.349 e. The Bertz CT molecular complexity index is 1060. The Morgan fingerprint density at radius 1 is 1.27 bits per heavy atom. The predicted molar refractivity (Wildman–Crippen MR) is 103 cm³/mol. The molecule has 1 amide bonds. The second kappa shape index (κ2) is 7.22. The highest BCUT2D eigenvalue weighted by molar-refractivity contribution is 7.71. The minimum atomic E-state index is -0.0642. The SMILES string of the molecule is O=C(CCn1c(-c2cccs2)n[nH]c1=S)NCc1nc2ccccc2[nH]1. The number of amides is 1. The molecule has 0 aliphatic rings. The maximum atomic E-state index is 12.2. The van der Waals surface area contributed by atoms with Crippen LogP contribution in [0.1, 0.15) is 12.2 Å². The summed E-state index contributed by atoms with van der Waals surface area (Å²) in [4.78, 5) is 20.9. The number of thiophene rings is 1. The number of imidazole rings is 1. The lowest BCUT2D eigenvalue weighted by Gasteiger charge is -2.06. The fraction of sp³-hybridized carbons (Fsp3) is 0.176. The van der Waals surface area contributed by atoms with Crippen molar-refractivity contribution in [1.82, 2.24) is 30.0 Å². The Balaban J connectivity index is 1.37.